The largest absolute Gasteiger partial charge is 0.508 e. The van der Waals surface area contributed by atoms with Gasteiger partial charge in [-0.05, 0) is 54.0 Å². The summed E-state index contributed by atoms with van der Waals surface area (Å²) in [6, 6.07) is 7.06. The molecule has 0 aromatic heterocycles. The lowest BCUT2D eigenvalue weighted by atomic mass is 9.73. The molecule has 0 aliphatic heterocycles. The third-order valence-corrected chi connectivity index (χ3v) is 8.19. The summed E-state index contributed by atoms with van der Waals surface area (Å²) in [6.45, 7) is 4.55. The van der Waals surface area contributed by atoms with Gasteiger partial charge in [0.25, 0.3) is 0 Å². The Balaban J connectivity index is 0.00000181. The lowest BCUT2D eigenvalue weighted by molar-refractivity contribution is 0.216. The predicted molar refractivity (Wildman–Crippen MR) is 138 cm³/mol. The Hall–Kier alpha value is -1.20. The highest BCUT2D eigenvalue weighted by Crippen LogP contribution is 2.46. The van der Waals surface area contributed by atoms with E-state index in [0.717, 1.165) is 34.7 Å². The first kappa shape index (κ1) is 27.0. The van der Waals surface area contributed by atoms with Crippen molar-refractivity contribution in [2.45, 2.75) is 77.3 Å². The van der Waals surface area contributed by atoms with E-state index in [4.69, 9.17) is 11.5 Å². The maximum atomic E-state index is 11.2. The van der Waals surface area contributed by atoms with Crippen molar-refractivity contribution in [1.29, 1.82) is 0 Å². The van der Waals surface area contributed by atoms with Crippen LogP contribution in [0.25, 0.3) is 10.8 Å². The van der Waals surface area contributed by atoms with E-state index in [1.165, 1.54) is 38.5 Å². The summed E-state index contributed by atoms with van der Waals surface area (Å²) in [5.74, 6) is 2.33. The van der Waals surface area contributed by atoms with Crippen molar-refractivity contribution in [3.63, 3.8) is 0 Å². The van der Waals surface area contributed by atoms with E-state index in [1.807, 2.05) is 12.1 Å². The van der Waals surface area contributed by atoms with Crippen LogP contribution < -0.4 is 11.5 Å². The van der Waals surface area contributed by atoms with E-state index in [-0.39, 0.29) is 48.4 Å². The number of fused-ring (bicyclic) bond motifs is 1. The topological polar surface area (TPSA) is 92.5 Å². The number of nitrogens with two attached hydrogens (primary N) is 2. The van der Waals surface area contributed by atoms with Gasteiger partial charge < -0.3 is 21.7 Å². The third-order valence-electron chi connectivity index (χ3n) is 8.19. The molecule has 6 unspecified atom stereocenters. The Morgan fingerprint density at radius 1 is 0.719 bits per heavy atom. The summed E-state index contributed by atoms with van der Waals surface area (Å²) in [6.07, 6.45) is 9.54. The van der Waals surface area contributed by atoms with Crippen molar-refractivity contribution in [3.8, 4) is 11.5 Å². The number of halogens is 2. The average Bonchev–Trinajstić information content (AvgIpc) is 2.74. The van der Waals surface area contributed by atoms with Crippen molar-refractivity contribution in [1.82, 2.24) is 0 Å². The van der Waals surface area contributed by atoms with Crippen LogP contribution in [-0.2, 0) is 0 Å². The molecule has 2 aliphatic rings. The number of phenolic OH excluding ortho intramolecular Hbond substituents is 2. The second-order valence-electron chi connectivity index (χ2n) is 10.00. The highest BCUT2D eigenvalue weighted by Gasteiger charge is 2.32. The van der Waals surface area contributed by atoms with Crippen molar-refractivity contribution in [2.24, 2.45) is 35.1 Å². The van der Waals surface area contributed by atoms with Gasteiger partial charge in [0.1, 0.15) is 11.5 Å². The highest BCUT2D eigenvalue weighted by molar-refractivity contribution is 5.94. The Bertz CT molecular complexity index is 907. The van der Waals surface area contributed by atoms with Crippen molar-refractivity contribution in [3.05, 3.63) is 35.4 Å². The van der Waals surface area contributed by atoms with Gasteiger partial charge in [-0.25, -0.2) is 0 Å². The second kappa shape index (κ2) is 11.3. The van der Waals surface area contributed by atoms with Gasteiger partial charge in [-0.3, -0.25) is 0 Å². The zero-order chi connectivity index (χ0) is 21.4. The first-order chi connectivity index (χ1) is 14.4. The Morgan fingerprint density at radius 2 is 1.22 bits per heavy atom. The van der Waals surface area contributed by atoms with Crippen LogP contribution >= 0.6 is 24.8 Å². The molecule has 0 spiro atoms. The van der Waals surface area contributed by atoms with Crippen molar-refractivity contribution >= 4 is 35.6 Å². The van der Waals surface area contributed by atoms with Crippen molar-refractivity contribution in [2.75, 3.05) is 0 Å². The van der Waals surface area contributed by atoms with Crippen LogP contribution in [0, 0.1) is 23.7 Å². The fourth-order valence-electron chi connectivity index (χ4n) is 6.24. The number of aromatic hydroxyl groups is 2. The van der Waals surface area contributed by atoms with Crippen LogP contribution in [0.1, 0.15) is 88.4 Å². The molecule has 180 valence electrons. The summed E-state index contributed by atoms with van der Waals surface area (Å²) in [5.41, 5.74) is 15.0. The number of hydrogen-bond donors (Lipinski definition) is 4. The molecule has 2 saturated carbocycles. The molecule has 6 heteroatoms. The maximum Gasteiger partial charge on any atom is 0.128 e. The van der Waals surface area contributed by atoms with Crippen LogP contribution in [0.5, 0.6) is 11.5 Å². The minimum atomic E-state index is -0.235. The molecule has 2 aliphatic carbocycles. The van der Waals surface area contributed by atoms with E-state index in [0.29, 0.717) is 23.7 Å². The number of benzene rings is 2. The second-order valence-corrected chi connectivity index (χ2v) is 10.00. The van der Waals surface area contributed by atoms with E-state index >= 15 is 0 Å². The van der Waals surface area contributed by atoms with Gasteiger partial charge in [-0.15, -0.1) is 24.8 Å². The quantitative estimate of drug-likeness (QED) is 0.387. The van der Waals surface area contributed by atoms with E-state index in [2.05, 4.69) is 13.8 Å². The molecular weight excluding hydrogens is 443 g/mol. The molecule has 6 N–H and O–H groups in total. The van der Waals surface area contributed by atoms with Gasteiger partial charge in [-0.2, -0.15) is 0 Å². The Morgan fingerprint density at radius 3 is 1.78 bits per heavy atom. The predicted octanol–water partition coefficient (Wildman–Crippen LogP) is 6.75. The van der Waals surface area contributed by atoms with Crippen LogP contribution in [0.15, 0.2) is 24.3 Å². The lowest BCUT2D eigenvalue weighted by Crippen LogP contribution is -2.30. The van der Waals surface area contributed by atoms with Gasteiger partial charge in [0.2, 0.25) is 0 Å². The standard InChI is InChI=1S/C26H38N2O2.2ClH/c1-15-7-3-5-9-17(15)24(27)21-12-11-19-20(26(21)30)13-14-22(29)23(19)25(28)18-10-6-4-8-16(18)2;;/h11-18,24-25,29-30H,3-10,27-28H2,1-2H3;2*1H. The SMILES string of the molecule is CC1CCCCC1C(N)c1ccc2c(C(N)C3CCCCC3C)c(O)ccc2c1O.Cl.Cl. The Kier molecular flexibility index (Phi) is 9.54. The van der Waals surface area contributed by atoms with Gasteiger partial charge in [0.05, 0.1) is 0 Å². The first-order valence-corrected chi connectivity index (χ1v) is 11.9. The van der Waals surface area contributed by atoms with Gasteiger partial charge >= 0.3 is 0 Å². The molecular formula is C26H40Cl2N2O2. The smallest absolute Gasteiger partial charge is 0.128 e. The summed E-state index contributed by atoms with van der Waals surface area (Å²) in [7, 11) is 0. The highest BCUT2D eigenvalue weighted by atomic mass is 35.5. The summed E-state index contributed by atoms with van der Waals surface area (Å²) in [5, 5.41) is 23.5. The molecule has 0 bridgehead atoms. The van der Waals surface area contributed by atoms with Gasteiger partial charge in [0.15, 0.2) is 0 Å². The molecule has 0 heterocycles. The minimum Gasteiger partial charge on any atom is -0.508 e. The fraction of sp³-hybridized carbons (Fsp3) is 0.615. The third kappa shape index (κ3) is 4.99. The van der Waals surface area contributed by atoms with E-state index < -0.39 is 0 Å². The molecule has 2 aromatic rings. The van der Waals surface area contributed by atoms with Gasteiger partial charge in [-0.1, -0.05) is 64.5 Å². The fourth-order valence-corrected chi connectivity index (χ4v) is 6.24. The average molecular weight is 484 g/mol. The lowest BCUT2D eigenvalue weighted by Gasteiger charge is -2.35. The molecule has 0 saturated heterocycles. The normalized spacial score (nSPS) is 27.8. The van der Waals surface area contributed by atoms with Crippen LogP contribution in [0.2, 0.25) is 0 Å². The minimum absolute atomic E-state index is 0. The van der Waals surface area contributed by atoms with Crippen LogP contribution in [-0.4, -0.2) is 10.2 Å². The molecule has 32 heavy (non-hydrogen) atoms. The monoisotopic (exact) mass is 482 g/mol. The number of rotatable bonds is 4. The Labute approximate surface area is 205 Å². The van der Waals surface area contributed by atoms with E-state index in [1.54, 1.807) is 12.1 Å². The molecule has 0 radical (unpaired) electrons. The van der Waals surface area contributed by atoms with Gasteiger partial charge in [0, 0.05) is 28.6 Å². The summed E-state index contributed by atoms with van der Waals surface area (Å²) < 4.78 is 0. The zero-order valence-electron chi connectivity index (χ0n) is 19.3. The van der Waals surface area contributed by atoms with Crippen LogP contribution in [0.3, 0.4) is 0 Å². The summed E-state index contributed by atoms with van der Waals surface area (Å²) >= 11 is 0. The summed E-state index contributed by atoms with van der Waals surface area (Å²) in [4.78, 5) is 0. The molecule has 2 fully saturated rings. The van der Waals surface area contributed by atoms with Crippen LogP contribution in [0.4, 0.5) is 0 Å². The first-order valence-electron chi connectivity index (χ1n) is 11.9. The molecule has 6 atom stereocenters. The maximum absolute atomic E-state index is 11.2. The number of hydrogen-bond acceptors (Lipinski definition) is 4. The van der Waals surface area contributed by atoms with Crippen molar-refractivity contribution < 1.29 is 10.2 Å². The zero-order valence-corrected chi connectivity index (χ0v) is 20.9. The molecule has 4 nitrogen and oxygen atoms in total. The molecule has 0 amide bonds. The molecule has 2 aromatic carbocycles. The van der Waals surface area contributed by atoms with E-state index in [9.17, 15) is 10.2 Å². The number of phenols is 2. The molecule has 4 rings (SSSR count).